The highest BCUT2D eigenvalue weighted by Crippen LogP contribution is 2.22. The number of rotatable bonds is 18. The van der Waals surface area contributed by atoms with Gasteiger partial charge in [0, 0.05) is 35.8 Å². The number of hydrogen-bond donors (Lipinski definition) is 0. The first-order valence-electron chi connectivity index (χ1n) is 21.3. The summed E-state index contributed by atoms with van der Waals surface area (Å²) in [5.74, 6) is 2.32. The Labute approximate surface area is 371 Å². The molecule has 0 aliphatic heterocycles. The van der Waals surface area contributed by atoms with E-state index in [0.717, 1.165) is 84.1 Å². The smallest absolute Gasteiger partial charge is 0.119 e. The number of aromatic nitrogens is 3. The number of hydrogen-bond acceptors (Lipinski definition) is 10. The third kappa shape index (κ3) is 11.4. The van der Waals surface area contributed by atoms with Crippen LogP contribution in [0.4, 0.5) is 17.1 Å². The van der Waals surface area contributed by atoms with Crippen molar-refractivity contribution in [1.29, 1.82) is 0 Å². The van der Waals surface area contributed by atoms with E-state index in [0.29, 0.717) is 39.5 Å². The van der Waals surface area contributed by atoms with Gasteiger partial charge in [-0.3, -0.25) is 19.9 Å². The standard InChI is InChI=1S/C54H45N7O3/c1-4-10-52-40(7-1)13-16-46(58-52)37-55-43-19-25-49(26-20-43)62-34-31-61(32-35-63-50-27-21-44(22-28-50)56-38-47-17-14-41-8-2-5-11-53(41)59-47)33-36-64-51-29-23-45(24-30-51)57-39-48-18-15-42-9-3-6-12-54(42)60-48/h1-30,37-39H,31-36H2. The van der Waals surface area contributed by atoms with Crippen molar-refractivity contribution in [2.75, 3.05) is 39.5 Å². The minimum atomic E-state index is 0.487. The number of fused-ring (bicyclic) bond motifs is 3. The Balaban J connectivity index is 0.780. The van der Waals surface area contributed by atoms with Crippen LogP contribution in [0.2, 0.25) is 0 Å². The van der Waals surface area contributed by atoms with Gasteiger partial charge in [-0.2, -0.15) is 0 Å². The lowest BCUT2D eigenvalue weighted by atomic mass is 10.2. The summed E-state index contributed by atoms with van der Waals surface area (Å²) >= 11 is 0. The van der Waals surface area contributed by atoms with Gasteiger partial charge in [0.05, 0.1) is 69.3 Å². The van der Waals surface area contributed by atoms with Gasteiger partial charge in [0.15, 0.2) is 0 Å². The average molecular weight is 840 g/mol. The zero-order chi connectivity index (χ0) is 43.2. The van der Waals surface area contributed by atoms with Gasteiger partial charge in [-0.05, 0) is 109 Å². The van der Waals surface area contributed by atoms with E-state index in [1.54, 1.807) is 18.6 Å². The van der Waals surface area contributed by atoms with E-state index in [4.69, 9.17) is 14.2 Å². The van der Waals surface area contributed by atoms with E-state index in [-0.39, 0.29) is 0 Å². The Bertz CT molecular complexity index is 2710. The second-order valence-corrected chi connectivity index (χ2v) is 14.9. The van der Waals surface area contributed by atoms with Crippen molar-refractivity contribution in [2.24, 2.45) is 15.0 Å². The summed E-state index contributed by atoms with van der Waals surface area (Å²) in [5, 5.41) is 3.31. The van der Waals surface area contributed by atoms with Gasteiger partial charge >= 0.3 is 0 Å². The lowest BCUT2D eigenvalue weighted by molar-refractivity contribution is 0.153. The van der Waals surface area contributed by atoms with Crippen LogP contribution in [0, 0.1) is 0 Å². The van der Waals surface area contributed by atoms with Crippen LogP contribution in [-0.2, 0) is 0 Å². The molecule has 0 amide bonds. The van der Waals surface area contributed by atoms with Gasteiger partial charge in [-0.1, -0.05) is 72.8 Å². The van der Waals surface area contributed by atoms with Crippen molar-refractivity contribution in [3.63, 3.8) is 0 Å². The molecule has 64 heavy (non-hydrogen) atoms. The van der Waals surface area contributed by atoms with Crippen molar-refractivity contribution in [3.05, 3.63) is 199 Å². The van der Waals surface area contributed by atoms with E-state index in [1.807, 2.05) is 146 Å². The SMILES string of the molecule is C(=Nc1ccc(OCCN(CCOc2ccc(N=Cc3ccc4ccccc4n3)cc2)CCOc2ccc(N=Cc3ccc4ccccc4n3)cc2)cc1)c1ccc2ccccc2n1. The molecule has 0 radical (unpaired) electrons. The van der Waals surface area contributed by atoms with Gasteiger partial charge in [0.1, 0.15) is 37.1 Å². The van der Waals surface area contributed by atoms with E-state index >= 15 is 0 Å². The van der Waals surface area contributed by atoms with Gasteiger partial charge in [0.2, 0.25) is 0 Å². The highest BCUT2D eigenvalue weighted by molar-refractivity contribution is 5.88. The number of para-hydroxylation sites is 3. The maximum absolute atomic E-state index is 6.19. The minimum Gasteiger partial charge on any atom is -0.492 e. The van der Waals surface area contributed by atoms with Crippen LogP contribution in [0.25, 0.3) is 32.7 Å². The molecule has 0 spiro atoms. The predicted molar refractivity (Wildman–Crippen MR) is 259 cm³/mol. The Morgan fingerprint density at radius 2 is 0.641 bits per heavy atom. The maximum atomic E-state index is 6.19. The summed E-state index contributed by atoms with van der Waals surface area (Å²) in [6.07, 6.45) is 5.35. The van der Waals surface area contributed by atoms with Gasteiger partial charge in [0.25, 0.3) is 0 Å². The third-order valence-electron chi connectivity index (χ3n) is 10.4. The molecule has 0 unspecified atom stereocenters. The molecule has 0 fully saturated rings. The average Bonchev–Trinajstić information content (AvgIpc) is 3.35. The van der Waals surface area contributed by atoms with Crippen molar-refractivity contribution >= 4 is 68.4 Å². The maximum Gasteiger partial charge on any atom is 0.119 e. The first kappa shape index (κ1) is 41.3. The monoisotopic (exact) mass is 839 g/mol. The summed E-state index contributed by atoms with van der Waals surface area (Å²) in [6, 6.07) is 59.6. The number of nitrogens with zero attached hydrogens (tertiary/aromatic N) is 7. The van der Waals surface area contributed by atoms with Crippen LogP contribution in [0.5, 0.6) is 17.2 Å². The fourth-order valence-electron chi connectivity index (χ4n) is 6.98. The zero-order valence-electron chi connectivity index (χ0n) is 35.2. The Morgan fingerprint density at radius 3 is 0.953 bits per heavy atom. The number of benzene rings is 6. The molecule has 314 valence electrons. The highest BCUT2D eigenvalue weighted by Gasteiger charge is 2.08. The largest absolute Gasteiger partial charge is 0.492 e. The quantitative estimate of drug-likeness (QED) is 0.0792. The van der Waals surface area contributed by atoms with Crippen LogP contribution >= 0.6 is 0 Å². The fraction of sp³-hybridized carbons (Fsp3) is 0.111. The number of pyridine rings is 3. The Hall–Kier alpha value is -8.08. The van der Waals surface area contributed by atoms with E-state index < -0.39 is 0 Å². The van der Waals surface area contributed by atoms with Crippen LogP contribution in [0.15, 0.2) is 197 Å². The molecule has 0 aliphatic rings. The van der Waals surface area contributed by atoms with E-state index in [1.165, 1.54) is 0 Å². The lowest BCUT2D eigenvalue weighted by Crippen LogP contribution is -2.35. The molecule has 0 bridgehead atoms. The summed E-state index contributed by atoms with van der Waals surface area (Å²) in [5.41, 5.74) is 7.71. The lowest BCUT2D eigenvalue weighted by Gasteiger charge is -2.22. The Kier molecular flexibility index (Phi) is 13.3. The van der Waals surface area contributed by atoms with E-state index in [9.17, 15) is 0 Å². The van der Waals surface area contributed by atoms with Crippen molar-refractivity contribution in [2.45, 2.75) is 0 Å². The van der Waals surface area contributed by atoms with Crippen molar-refractivity contribution < 1.29 is 14.2 Å². The summed E-state index contributed by atoms with van der Waals surface area (Å²) in [7, 11) is 0. The highest BCUT2D eigenvalue weighted by atomic mass is 16.5. The summed E-state index contributed by atoms with van der Waals surface area (Å²) in [4.78, 5) is 30.2. The third-order valence-corrected chi connectivity index (χ3v) is 10.4. The fourth-order valence-corrected chi connectivity index (χ4v) is 6.98. The molecule has 0 atom stereocenters. The molecule has 10 nitrogen and oxygen atoms in total. The Morgan fingerprint density at radius 1 is 0.344 bits per heavy atom. The predicted octanol–water partition coefficient (Wildman–Crippen LogP) is 11.4. The molecule has 0 aliphatic carbocycles. The molecule has 0 saturated carbocycles. The molecular weight excluding hydrogens is 795 g/mol. The van der Waals surface area contributed by atoms with Gasteiger partial charge in [-0.25, -0.2) is 15.0 Å². The number of aliphatic imine (C=N–C) groups is 3. The first-order chi connectivity index (χ1) is 31.6. The molecular formula is C54H45N7O3. The zero-order valence-corrected chi connectivity index (χ0v) is 35.2. The normalized spacial score (nSPS) is 11.8. The van der Waals surface area contributed by atoms with E-state index in [2.05, 4.69) is 71.2 Å². The summed E-state index contributed by atoms with van der Waals surface area (Å²) < 4.78 is 18.6. The molecule has 10 heteroatoms. The molecule has 3 aromatic heterocycles. The number of ether oxygens (including phenoxy) is 3. The van der Waals surface area contributed by atoms with Gasteiger partial charge < -0.3 is 14.2 Å². The second-order valence-electron chi connectivity index (χ2n) is 14.9. The molecule has 0 saturated heterocycles. The molecule has 9 rings (SSSR count). The summed E-state index contributed by atoms with van der Waals surface area (Å²) in [6.45, 7) is 3.48. The van der Waals surface area contributed by atoms with Crippen LogP contribution in [0.1, 0.15) is 17.1 Å². The molecule has 0 N–H and O–H groups in total. The first-order valence-corrected chi connectivity index (χ1v) is 21.3. The van der Waals surface area contributed by atoms with Crippen LogP contribution < -0.4 is 14.2 Å². The van der Waals surface area contributed by atoms with Crippen molar-refractivity contribution in [3.8, 4) is 17.2 Å². The topological polar surface area (TPSA) is 107 Å². The van der Waals surface area contributed by atoms with Crippen LogP contribution in [-0.4, -0.2) is 78.0 Å². The van der Waals surface area contributed by atoms with Crippen LogP contribution in [0.3, 0.4) is 0 Å². The molecule has 9 aromatic rings. The van der Waals surface area contributed by atoms with Gasteiger partial charge in [-0.15, -0.1) is 0 Å². The van der Waals surface area contributed by atoms with Crippen molar-refractivity contribution in [1.82, 2.24) is 19.9 Å². The second kappa shape index (κ2) is 20.7. The minimum absolute atomic E-state index is 0.487. The molecule has 6 aromatic carbocycles. The molecule has 3 heterocycles.